The molecule has 0 spiro atoms. The normalized spacial score (nSPS) is 13.3. The van der Waals surface area contributed by atoms with Crippen LogP contribution in [-0.2, 0) is 20.9 Å². The molecule has 0 saturated heterocycles. The van der Waals surface area contributed by atoms with Gasteiger partial charge < -0.3 is 19.9 Å². The largest absolute Gasteiger partial charge is 0.459 e. The average molecular weight is 346 g/mol. The van der Waals surface area contributed by atoms with E-state index in [-0.39, 0.29) is 19.0 Å². The fraction of sp³-hybridized carbons (Fsp3) is 0.500. The maximum absolute atomic E-state index is 12.0. The fourth-order valence-electron chi connectivity index (χ4n) is 1.63. The fourth-order valence-corrected chi connectivity index (χ4v) is 1.63. The Morgan fingerprint density at radius 1 is 1.22 bits per heavy atom. The molecule has 7 heteroatoms. The molecule has 0 heterocycles. The molecule has 0 radical (unpaired) electrons. The lowest BCUT2D eigenvalue weighted by Gasteiger charge is -2.24. The third kappa shape index (κ3) is 8.42. The molecule has 0 aliphatic rings. The Kier molecular flexibility index (Phi) is 8.64. The molecule has 0 bridgehead atoms. The summed E-state index contributed by atoms with van der Waals surface area (Å²) in [5, 5.41) is 12.0. The lowest BCUT2D eigenvalue weighted by Crippen LogP contribution is -2.49. The molecule has 0 aliphatic carbocycles. The van der Waals surface area contributed by atoms with Gasteiger partial charge in [0.1, 0.15) is 12.2 Å². The molecule has 0 aromatic heterocycles. The van der Waals surface area contributed by atoms with Gasteiger partial charge in [-0.1, -0.05) is 30.3 Å². The van der Waals surface area contributed by atoms with Crippen LogP contribution in [0.5, 0.6) is 0 Å². The molecule has 0 aliphatic heterocycles. The van der Waals surface area contributed by atoms with Crippen LogP contribution in [-0.4, -0.2) is 34.9 Å². The maximum atomic E-state index is 12.0. The van der Waals surface area contributed by atoms with Gasteiger partial charge in [-0.2, -0.15) is 0 Å². The lowest BCUT2D eigenvalue weighted by atomic mass is 10.2. The Hall–Kier alpha value is -1.79. The number of aliphatic hydroxyl groups is 1. The Morgan fingerprint density at radius 3 is 2.26 bits per heavy atom. The molecule has 0 unspecified atom stereocenters. The van der Waals surface area contributed by atoms with Crippen molar-refractivity contribution in [2.45, 2.75) is 52.0 Å². The Morgan fingerprint density at radius 2 is 1.78 bits per heavy atom. The SMILES string of the molecule is C[C@@H](O)[C@H](NC(=O)OC(C)(C)C)C(=O)OCc1ccccc1.Cl. The predicted octanol–water partition coefficient (Wildman–Crippen LogP) is 2.43. The summed E-state index contributed by atoms with van der Waals surface area (Å²) in [6.45, 7) is 6.58. The molecule has 130 valence electrons. The average Bonchev–Trinajstić information content (AvgIpc) is 2.41. The maximum Gasteiger partial charge on any atom is 0.408 e. The number of halogens is 1. The number of carbonyl (C=O) groups excluding carboxylic acids is 2. The van der Waals surface area contributed by atoms with E-state index in [0.717, 1.165) is 5.56 Å². The number of esters is 1. The number of carbonyl (C=O) groups is 2. The molecule has 2 atom stereocenters. The second kappa shape index (κ2) is 9.37. The van der Waals surface area contributed by atoms with Crippen molar-refractivity contribution in [2.24, 2.45) is 0 Å². The number of nitrogens with one attached hydrogen (secondary N) is 1. The highest BCUT2D eigenvalue weighted by Crippen LogP contribution is 2.08. The minimum Gasteiger partial charge on any atom is -0.459 e. The minimum absolute atomic E-state index is 0. The van der Waals surface area contributed by atoms with Crippen LogP contribution in [0.1, 0.15) is 33.3 Å². The van der Waals surface area contributed by atoms with Crippen molar-refractivity contribution in [1.82, 2.24) is 5.32 Å². The molecular formula is C16H24ClNO5. The van der Waals surface area contributed by atoms with Gasteiger partial charge in [-0.05, 0) is 33.3 Å². The van der Waals surface area contributed by atoms with Crippen LogP contribution in [0.2, 0.25) is 0 Å². The number of hydrogen-bond acceptors (Lipinski definition) is 5. The number of amides is 1. The summed E-state index contributed by atoms with van der Waals surface area (Å²) in [7, 11) is 0. The Balaban J connectivity index is 0.00000484. The number of alkyl carbamates (subject to hydrolysis) is 1. The summed E-state index contributed by atoms with van der Waals surface area (Å²) in [5.41, 5.74) is 0.124. The van der Waals surface area contributed by atoms with Crippen molar-refractivity contribution in [2.75, 3.05) is 0 Å². The van der Waals surface area contributed by atoms with Crippen LogP contribution < -0.4 is 5.32 Å². The van der Waals surface area contributed by atoms with Crippen molar-refractivity contribution < 1.29 is 24.2 Å². The van der Waals surface area contributed by atoms with Gasteiger partial charge in [0.15, 0.2) is 6.04 Å². The first-order valence-electron chi connectivity index (χ1n) is 7.07. The Labute approximate surface area is 142 Å². The molecule has 1 aromatic rings. The van der Waals surface area contributed by atoms with Gasteiger partial charge in [0, 0.05) is 0 Å². The number of aliphatic hydroxyl groups excluding tert-OH is 1. The number of ether oxygens (including phenoxy) is 2. The number of hydrogen-bond donors (Lipinski definition) is 2. The van der Waals surface area contributed by atoms with Crippen LogP contribution >= 0.6 is 12.4 Å². The standard InChI is InChI=1S/C16H23NO5.ClH/c1-11(18)13(17-15(20)22-16(2,3)4)14(19)21-10-12-8-6-5-7-9-12;/h5-9,11,13,18H,10H2,1-4H3,(H,17,20);1H/t11-,13+;/m1./s1. The third-order valence-corrected chi connectivity index (χ3v) is 2.63. The Bertz CT molecular complexity index is 499. The zero-order valence-electron chi connectivity index (χ0n) is 13.7. The summed E-state index contributed by atoms with van der Waals surface area (Å²) in [5.74, 6) is -0.718. The second-order valence-electron chi connectivity index (χ2n) is 5.96. The molecule has 2 N–H and O–H groups in total. The molecule has 0 saturated carbocycles. The van der Waals surface area contributed by atoms with Crippen molar-refractivity contribution in [3.8, 4) is 0 Å². The quantitative estimate of drug-likeness (QED) is 0.800. The summed E-state index contributed by atoms with van der Waals surface area (Å²) < 4.78 is 10.2. The highest BCUT2D eigenvalue weighted by atomic mass is 35.5. The van der Waals surface area contributed by atoms with E-state index in [1.807, 2.05) is 30.3 Å². The van der Waals surface area contributed by atoms with Crippen molar-refractivity contribution >= 4 is 24.5 Å². The van der Waals surface area contributed by atoms with Crippen LogP contribution in [0.15, 0.2) is 30.3 Å². The van der Waals surface area contributed by atoms with E-state index in [9.17, 15) is 14.7 Å². The zero-order valence-corrected chi connectivity index (χ0v) is 14.6. The molecular weight excluding hydrogens is 322 g/mol. The van der Waals surface area contributed by atoms with E-state index in [1.54, 1.807) is 20.8 Å². The highest BCUT2D eigenvalue weighted by Gasteiger charge is 2.29. The molecule has 1 aromatic carbocycles. The van der Waals surface area contributed by atoms with E-state index in [1.165, 1.54) is 6.92 Å². The van der Waals surface area contributed by atoms with E-state index >= 15 is 0 Å². The third-order valence-electron chi connectivity index (χ3n) is 2.63. The van der Waals surface area contributed by atoms with Gasteiger partial charge in [-0.25, -0.2) is 9.59 Å². The van der Waals surface area contributed by atoms with Gasteiger partial charge in [0.2, 0.25) is 0 Å². The zero-order chi connectivity index (χ0) is 16.8. The van der Waals surface area contributed by atoms with Crippen molar-refractivity contribution in [3.05, 3.63) is 35.9 Å². The summed E-state index contributed by atoms with van der Waals surface area (Å²) in [6, 6.07) is 7.95. The van der Waals surface area contributed by atoms with E-state index in [0.29, 0.717) is 0 Å². The molecule has 23 heavy (non-hydrogen) atoms. The number of benzene rings is 1. The number of rotatable bonds is 5. The summed E-state index contributed by atoms with van der Waals surface area (Å²) >= 11 is 0. The summed E-state index contributed by atoms with van der Waals surface area (Å²) in [4.78, 5) is 23.7. The first kappa shape index (κ1) is 21.2. The van der Waals surface area contributed by atoms with Gasteiger partial charge in [0.05, 0.1) is 6.10 Å². The molecule has 6 nitrogen and oxygen atoms in total. The highest BCUT2D eigenvalue weighted by molar-refractivity contribution is 5.85. The molecule has 1 rings (SSSR count). The van der Waals surface area contributed by atoms with Crippen LogP contribution in [0.4, 0.5) is 4.79 Å². The minimum atomic E-state index is -1.18. The second-order valence-corrected chi connectivity index (χ2v) is 5.96. The van der Waals surface area contributed by atoms with E-state index < -0.39 is 29.8 Å². The lowest BCUT2D eigenvalue weighted by molar-refractivity contribution is -0.150. The monoisotopic (exact) mass is 345 g/mol. The van der Waals surface area contributed by atoms with E-state index in [4.69, 9.17) is 9.47 Å². The first-order valence-corrected chi connectivity index (χ1v) is 7.07. The first-order chi connectivity index (χ1) is 10.2. The predicted molar refractivity (Wildman–Crippen MR) is 88.3 cm³/mol. The van der Waals surface area contributed by atoms with Crippen molar-refractivity contribution in [1.29, 1.82) is 0 Å². The van der Waals surface area contributed by atoms with Gasteiger partial charge in [-0.15, -0.1) is 12.4 Å². The van der Waals surface area contributed by atoms with Crippen LogP contribution in [0, 0.1) is 0 Å². The topological polar surface area (TPSA) is 84.9 Å². The van der Waals surface area contributed by atoms with Crippen LogP contribution in [0.25, 0.3) is 0 Å². The van der Waals surface area contributed by atoms with E-state index in [2.05, 4.69) is 5.32 Å². The van der Waals surface area contributed by atoms with Crippen molar-refractivity contribution in [3.63, 3.8) is 0 Å². The smallest absolute Gasteiger partial charge is 0.408 e. The molecule has 0 fully saturated rings. The van der Waals surface area contributed by atoms with Gasteiger partial charge >= 0.3 is 12.1 Å². The molecule has 1 amide bonds. The van der Waals surface area contributed by atoms with Crippen LogP contribution in [0.3, 0.4) is 0 Å². The summed E-state index contributed by atoms with van der Waals surface area (Å²) in [6.07, 6.45) is -1.88. The van der Waals surface area contributed by atoms with Gasteiger partial charge in [0.25, 0.3) is 0 Å². The van der Waals surface area contributed by atoms with Gasteiger partial charge in [-0.3, -0.25) is 0 Å².